The van der Waals surface area contributed by atoms with Crippen LogP contribution in [-0.2, 0) is 11.2 Å². The van der Waals surface area contributed by atoms with Gasteiger partial charge >= 0.3 is 0 Å². The van der Waals surface area contributed by atoms with Gasteiger partial charge in [0.15, 0.2) is 0 Å². The summed E-state index contributed by atoms with van der Waals surface area (Å²) in [4.78, 5) is 27.1. The summed E-state index contributed by atoms with van der Waals surface area (Å²) in [6.07, 6.45) is 2.39. The zero-order chi connectivity index (χ0) is 24.6. The van der Waals surface area contributed by atoms with Crippen LogP contribution < -0.4 is 26.0 Å². The quantitative estimate of drug-likeness (QED) is 0.442. The Bertz CT molecular complexity index is 1140. The minimum absolute atomic E-state index is 0.210. The molecule has 0 bridgehead atoms. The molecule has 1 heterocycles. The molecule has 1 aliphatic rings. The lowest BCUT2D eigenvalue weighted by Crippen LogP contribution is -2.51. The zero-order valence-corrected chi connectivity index (χ0v) is 19.9. The van der Waals surface area contributed by atoms with Crippen molar-refractivity contribution in [3.8, 4) is 5.75 Å². The number of carbonyl (C=O) groups is 2. The highest BCUT2D eigenvalue weighted by Gasteiger charge is 2.25. The SMILES string of the molecule is COc1ccccc1C(=O)Nc1cccc(N2CCC(N[C@@H](Cc3ccccc3)C(N)=O)CC2)c1. The van der Waals surface area contributed by atoms with Gasteiger partial charge in [0.05, 0.1) is 18.7 Å². The Morgan fingerprint density at radius 1 is 1.00 bits per heavy atom. The average molecular weight is 473 g/mol. The van der Waals surface area contributed by atoms with Crippen molar-refractivity contribution in [1.82, 2.24) is 5.32 Å². The molecular formula is C28H32N4O3. The molecule has 0 spiro atoms. The van der Waals surface area contributed by atoms with Gasteiger partial charge < -0.3 is 26.0 Å². The van der Waals surface area contributed by atoms with Gasteiger partial charge in [-0.1, -0.05) is 48.5 Å². The third-order valence-electron chi connectivity index (χ3n) is 6.38. The van der Waals surface area contributed by atoms with Crippen LogP contribution in [0.4, 0.5) is 11.4 Å². The van der Waals surface area contributed by atoms with Gasteiger partial charge in [-0.2, -0.15) is 0 Å². The minimum Gasteiger partial charge on any atom is -0.496 e. The van der Waals surface area contributed by atoms with Crippen LogP contribution in [0.2, 0.25) is 0 Å². The summed E-state index contributed by atoms with van der Waals surface area (Å²) in [5, 5.41) is 6.45. The number of amides is 2. The number of nitrogens with one attached hydrogen (secondary N) is 2. The minimum atomic E-state index is -0.387. The van der Waals surface area contributed by atoms with E-state index < -0.39 is 0 Å². The summed E-state index contributed by atoms with van der Waals surface area (Å²) in [5.74, 6) is 0.00504. The maximum absolute atomic E-state index is 12.8. The van der Waals surface area contributed by atoms with Crippen molar-refractivity contribution in [2.24, 2.45) is 5.73 Å². The number of para-hydroxylation sites is 1. The molecule has 2 amide bonds. The first-order valence-electron chi connectivity index (χ1n) is 11.9. The monoisotopic (exact) mass is 472 g/mol. The van der Waals surface area contributed by atoms with Crippen LogP contribution in [-0.4, -0.2) is 44.1 Å². The van der Waals surface area contributed by atoms with E-state index in [0.29, 0.717) is 17.7 Å². The molecular weight excluding hydrogens is 440 g/mol. The molecule has 3 aromatic carbocycles. The number of nitrogens with zero attached hydrogens (tertiary/aromatic N) is 1. The normalized spacial score (nSPS) is 14.8. The van der Waals surface area contributed by atoms with E-state index in [9.17, 15) is 9.59 Å². The summed E-state index contributed by atoms with van der Waals surface area (Å²) in [7, 11) is 1.55. The molecule has 7 heteroatoms. The Morgan fingerprint density at radius 3 is 2.43 bits per heavy atom. The first-order valence-corrected chi connectivity index (χ1v) is 11.9. The summed E-state index contributed by atoms with van der Waals surface area (Å²) in [5.41, 5.74) is 9.05. The molecule has 182 valence electrons. The van der Waals surface area contributed by atoms with Gasteiger partial charge in [0.1, 0.15) is 5.75 Å². The lowest BCUT2D eigenvalue weighted by atomic mass is 10.00. The van der Waals surface area contributed by atoms with Crippen LogP contribution in [0, 0.1) is 0 Å². The average Bonchev–Trinajstić information content (AvgIpc) is 2.89. The predicted octanol–water partition coefficient (Wildman–Crippen LogP) is 3.60. The molecule has 1 saturated heterocycles. The highest BCUT2D eigenvalue weighted by molar-refractivity contribution is 6.06. The molecule has 35 heavy (non-hydrogen) atoms. The molecule has 7 nitrogen and oxygen atoms in total. The molecule has 0 unspecified atom stereocenters. The number of hydrogen-bond donors (Lipinski definition) is 3. The summed E-state index contributed by atoms with van der Waals surface area (Å²) < 4.78 is 5.30. The largest absolute Gasteiger partial charge is 0.496 e. The van der Waals surface area contributed by atoms with Gasteiger partial charge in [-0.3, -0.25) is 9.59 Å². The summed E-state index contributed by atoms with van der Waals surface area (Å²) in [6.45, 7) is 1.69. The second kappa shape index (κ2) is 11.5. The third kappa shape index (κ3) is 6.39. The number of piperidine rings is 1. The second-order valence-corrected chi connectivity index (χ2v) is 8.78. The lowest BCUT2D eigenvalue weighted by molar-refractivity contribution is -0.120. The van der Waals surface area contributed by atoms with Gasteiger partial charge in [0.2, 0.25) is 5.91 Å². The lowest BCUT2D eigenvalue weighted by Gasteiger charge is -2.35. The van der Waals surface area contributed by atoms with Gasteiger partial charge in [0, 0.05) is 30.5 Å². The maximum atomic E-state index is 12.8. The number of ether oxygens (including phenoxy) is 1. The van der Waals surface area contributed by atoms with Crippen molar-refractivity contribution in [3.63, 3.8) is 0 Å². The Balaban J connectivity index is 1.34. The van der Waals surface area contributed by atoms with Crippen molar-refractivity contribution in [2.45, 2.75) is 31.3 Å². The highest BCUT2D eigenvalue weighted by atomic mass is 16.5. The Labute approximate surface area is 206 Å². The third-order valence-corrected chi connectivity index (χ3v) is 6.38. The van der Waals surface area contributed by atoms with E-state index in [2.05, 4.69) is 15.5 Å². The van der Waals surface area contributed by atoms with Crippen LogP contribution >= 0.6 is 0 Å². The predicted molar refractivity (Wildman–Crippen MR) is 139 cm³/mol. The van der Waals surface area contributed by atoms with Crippen LogP contribution in [0.3, 0.4) is 0 Å². The topological polar surface area (TPSA) is 96.7 Å². The molecule has 1 fully saturated rings. The number of anilines is 2. The van der Waals surface area contributed by atoms with Gasteiger partial charge in [-0.25, -0.2) is 0 Å². The highest BCUT2D eigenvalue weighted by Crippen LogP contribution is 2.25. The van der Waals surface area contributed by atoms with E-state index >= 15 is 0 Å². The number of methoxy groups -OCH3 is 1. The van der Waals surface area contributed by atoms with Crippen molar-refractivity contribution in [3.05, 3.63) is 90.0 Å². The number of benzene rings is 3. The number of rotatable bonds is 9. The fraction of sp³-hybridized carbons (Fsp3) is 0.286. The standard InChI is InChI=1S/C28H32N4O3/c1-35-26-13-6-5-12-24(26)28(34)31-22-10-7-11-23(19-22)32-16-14-21(15-17-32)30-25(27(29)33)18-20-8-3-2-4-9-20/h2-13,19,21,25,30H,14-18H2,1H3,(H2,29,33)(H,31,34)/t25-/m0/s1. The van der Waals surface area contributed by atoms with Gasteiger partial charge in [-0.15, -0.1) is 0 Å². The van der Waals surface area contributed by atoms with E-state index in [0.717, 1.165) is 42.9 Å². The van der Waals surface area contributed by atoms with E-state index in [4.69, 9.17) is 10.5 Å². The smallest absolute Gasteiger partial charge is 0.259 e. The van der Waals surface area contributed by atoms with Crippen molar-refractivity contribution in [2.75, 3.05) is 30.4 Å². The number of carbonyl (C=O) groups excluding carboxylic acids is 2. The molecule has 0 saturated carbocycles. The first kappa shape index (κ1) is 24.3. The molecule has 1 atom stereocenters. The maximum Gasteiger partial charge on any atom is 0.259 e. The van der Waals surface area contributed by atoms with E-state index in [1.54, 1.807) is 19.2 Å². The van der Waals surface area contributed by atoms with Crippen molar-refractivity contribution < 1.29 is 14.3 Å². The first-order chi connectivity index (χ1) is 17.0. The molecule has 4 N–H and O–H groups in total. The van der Waals surface area contributed by atoms with E-state index in [1.807, 2.05) is 66.7 Å². The van der Waals surface area contributed by atoms with E-state index in [1.165, 1.54) is 0 Å². The van der Waals surface area contributed by atoms with E-state index in [-0.39, 0.29) is 23.9 Å². The second-order valence-electron chi connectivity index (χ2n) is 8.78. The van der Waals surface area contributed by atoms with Crippen LogP contribution in [0.1, 0.15) is 28.8 Å². The summed E-state index contributed by atoms with van der Waals surface area (Å²) in [6, 6.07) is 24.8. The molecule has 3 aromatic rings. The van der Waals surface area contributed by atoms with Crippen LogP contribution in [0.15, 0.2) is 78.9 Å². The number of nitrogens with two attached hydrogens (primary N) is 1. The Kier molecular flexibility index (Phi) is 8.00. The molecule has 0 aromatic heterocycles. The van der Waals surface area contributed by atoms with Crippen LogP contribution in [0.25, 0.3) is 0 Å². The van der Waals surface area contributed by atoms with Crippen molar-refractivity contribution >= 4 is 23.2 Å². The van der Waals surface area contributed by atoms with Crippen molar-refractivity contribution in [1.29, 1.82) is 0 Å². The molecule has 4 rings (SSSR count). The zero-order valence-electron chi connectivity index (χ0n) is 19.9. The van der Waals surface area contributed by atoms with Crippen LogP contribution in [0.5, 0.6) is 5.75 Å². The molecule has 0 aliphatic carbocycles. The molecule has 1 aliphatic heterocycles. The fourth-order valence-electron chi connectivity index (χ4n) is 4.49. The van der Waals surface area contributed by atoms with Gasteiger partial charge in [-0.05, 0) is 55.2 Å². The Morgan fingerprint density at radius 2 is 1.71 bits per heavy atom. The number of hydrogen-bond acceptors (Lipinski definition) is 5. The Hall–Kier alpha value is -3.84. The fourth-order valence-corrected chi connectivity index (χ4v) is 4.49. The molecule has 0 radical (unpaired) electrons. The number of primary amides is 1. The van der Waals surface area contributed by atoms with Gasteiger partial charge in [0.25, 0.3) is 5.91 Å². The summed E-state index contributed by atoms with van der Waals surface area (Å²) >= 11 is 0.